The van der Waals surface area contributed by atoms with E-state index in [1.54, 1.807) is 0 Å². The molecule has 0 aliphatic heterocycles. The lowest BCUT2D eigenvalue weighted by Crippen LogP contribution is -2.53. The Bertz CT molecular complexity index is 744. The summed E-state index contributed by atoms with van der Waals surface area (Å²) in [5.41, 5.74) is 0.564. The lowest BCUT2D eigenvalue weighted by molar-refractivity contribution is -0.170. The molecule has 0 amide bonds. The van der Waals surface area contributed by atoms with Gasteiger partial charge in [0.05, 0.1) is 0 Å². The van der Waals surface area contributed by atoms with E-state index < -0.39 is 5.60 Å². The average Bonchev–Trinajstić information content (AvgIpc) is 3.00. The molecule has 158 valence electrons. The summed E-state index contributed by atoms with van der Waals surface area (Å²) in [6, 6.07) is 0. The lowest BCUT2D eigenvalue weighted by Gasteiger charge is -2.55. The molecule has 3 fully saturated rings. The van der Waals surface area contributed by atoms with Crippen molar-refractivity contribution in [3.05, 3.63) is 11.6 Å². The maximum absolute atomic E-state index is 12.6. The van der Waals surface area contributed by atoms with Crippen molar-refractivity contribution in [1.29, 1.82) is 0 Å². The number of esters is 1. The highest BCUT2D eigenvalue weighted by molar-refractivity contribution is 5.91. The van der Waals surface area contributed by atoms with Gasteiger partial charge in [0.25, 0.3) is 0 Å². The number of ketones is 1. The minimum Gasteiger partial charge on any atom is -0.445 e. The van der Waals surface area contributed by atoms with Crippen molar-refractivity contribution in [3.8, 4) is 12.3 Å². The van der Waals surface area contributed by atoms with E-state index in [1.807, 2.05) is 6.08 Å². The minimum atomic E-state index is -0.732. The summed E-state index contributed by atoms with van der Waals surface area (Å²) < 4.78 is 6.14. The number of hydrogen-bond donors (Lipinski definition) is 0. The Hall–Kier alpha value is -1.56. The number of rotatable bonds is 5. The van der Waals surface area contributed by atoms with Gasteiger partial charge in [0.2, 0.25) is 0 Å². The topological polar surface area (TPSA) is 43.4 Å². The van der Waals surface area contributed by atoms with Crippen LogP contribution in [0.25, 0.3) is 0 Å². The van der Waals surface area contributed by atoms with E-state index in [0.717, 1.165) is 64.2 Å². The van der Waals surface area contributed by atoms with Crippen molar-refractivity contribution < 1.29 is 14.3 Å². The average molecular weight is 397 g/mol. The quantitative estimate of drug-likeness (QED) is 0.344. The maximum atomic E-state index is 12.6. The Morgan fingerprint density at radius 1 is 1.17 bits per heavy atom. The molecule has 4 rings (SSSR count). The Kier molecular flexibility index (Phi) is 5.66. The normalized spacial score (nSPS) is 40.9. The fourth-order valence-corrected chi connectivity index (χ4v) is 7.38. The van der Waals surface area contributed by atoms with Crippen LogP contribution in [0.1, 0.15) is 90.9 Å². The Balaban J connectivity index is 1.53. The van der Waals surface area contributed by atoms with Crippen LogP contribution < -0.4 is 0 Å². The van der Waals surface area contributed by atoms with Crippen LogP contribution in [0.3, 0.4) is 0 Å². The summed E-state index contributed by atoms with van der Waals surface area (Å²) in [7, 11) is 0. The molecule has 0 N–H and O–H groups in total. The molecule has 4 aliphatic carbocycles. The minimum absolute atomic E-state index is 0.111. The van der Waals surface area contributed by atoms with E-state index >= 15 is 0 Å². The molecule has 29 heavy (non-hydrogen) atoms. The number of allylic oxidation sites excluding steroid dienone is 1. The number of ether oxygens (including phenoxy) is 1. The third-order valence-electron chi connectivity index (χ3n) is 8.93. The van der Waals surface area contributed by atoms with Gasteiger partial charge in [-0.05, 0) is 81.1 Å². The first-order chi connectivity index (χ1) is 13.9. The van der Waals surface area contributed by atoms with Crippen molar-refractivity contribution in [2.45, 2.75) is 96.5 Å². The maximum Gasteiger partial charge on any atom is 0.307 e. The van der Waals surface area contributed by atoms with Crippen LogP contribution in [-0.4, -0.2) is 17.4 Å². The van der Waals surface area contributed by atoms with Gasteiger partial charge in [-0.15, -0.1) is 6.42 Å². The van der Waals surface area contributed by atoms with E-state index in [-0.39, 0.29) is 11.4 Å². The number of fused-ring (bicyclic) bond motifs is 5. The Labute approximate surface area is 176 Å². The van der Waals surface area contributed by atoms with Gasteiger partial charge in [-0.1, -0.05) is 38.2 Å². The standard InChI is InChI=1S/C26H36O3/c1-4-6-7-8-24(28)29-26(5-2)16-14-23-22-11-9-18-17-19(27)10-12-20(18)21(22)13-15-25(23,26)3/h2,17,20-23H,4,6-16H2,1,3H3/t20-,21+,22+,23-,25-,26-/m0/s1. The van der Waals surface area contributed by atoms with Crippen LogP contribution in [-0.2, 0) is 14.3 Å². The van der Waals surface area contributed by atoms with Crippen molar-refractivity contribution in [2.24, 2.45) is 29.1 Å². The number of hydrogen-bond acceptors (Lipinski definition) is 3. The van der Waals surface area contributed by atoms with E-state index in [9.17, 15) is 9.59 Å². The first-order valence-electron chi connectivity index (χ1n) is 11.9. The summed E-state index contributed by atoms with van der Waals surface area (Å²) in [5, 5.41) is 0. The largest absolute Gasteiger partial charge is 0.445 e. The molecule has 6 atom stereocenters. The molecule has 0 heterocycles. The van der Waals surface area contributed by atoms with Gasteiger partial charge in [-0.3, -0.25) is 9.59 Å². The van der Waals surface area contributed by atoms with Gasteiger partial charge in [-0.2, -0.15) is 0 Å². The van der Waals surface area contributed by atoms with Gasteiger partial charge in [0.15, 0.2) is 11.4 Å². The molecule has 3 heteroatoms. The molecule has 0 aromatic rings. The Morgan fingerprint density at radius 3 is 2.76 bits per heavy atom. The van der Waals surface area contributed by atoms with Crippen molar-refractivity contribution in [1.82, 2.24) is 0 Å². The summed E-state index contributed by atoms with van der Waals surface area (Å²) in [6.45, 7) is 4.44. The molecule has 0 unspecified atom stereocenters. The van der Waals surface area contributed by atoms with Gasteiger partial charge < -0.3 is 4.74 Å². The highest BCUT2D eigenvalue weighted by Crippen LogP contribution is 2.65. The van der Waals surface area contributed by atoms with Crippen LogP contribution in [0, 0.1) is 41.4 Å². The number of carbonyl (C=O) groups is 2. The first-order valence-corrected chi connectivity index (χ1v) is 11.9. The van der Waals surface area contributed by atoms with Gasteiger partial charge in [-0.25, -0.2) is 0 Å². The van der Waals surface area contributed by atoms with Crippen molar-refractivity contribution in [3.63, 3.8) is 0 Å². The fraction of sp³-hybridized carbons (Fsp3) is 0.769. The third-order valence-corrected chi connectivity index (χ3v) is 8.93. The molecule has 3 saturated carbocycles. The first kappa shape index (κ1) is 20.7. The van der Waals surface area contributed by atoms with Gasteiger partial charge in [0.1, 0.15) is 0 Å². The SMILES string of the molecule is C#C[C@]1(OC(=O)CCCCC)CC[C@H]2[C@@H]3CCC4=CC(=O)CC[C@@H]4[C@H]3CC[C@@]21C. The molecule has 4 aliphatic rings. The lowest BCUT2D eigenvalue weighted by atomic mass is 9.50. The zero-order valence-electron chi connectivity index (χ0n) is 18.2. The number of unbranched alkanes of at least 4 members (excludes halogenated alkanes) is 2. The summed E-state index contributed by atoms with van der Waals surface area (Å²) in [5.74, 6) is 5.65. The van der Waals surface area contributed by atoms with Crippen molar-refractivity contribution >= 4 is 11.8 Å². The molecule has 0 spiro atoms. The highest BCUT2D eigenvalue weighted by atomic mass is 16.6. The summed E-state index contributed by atoms with van der Waals surface area (Å²) >= 11 is 0. The molecular weight excluding hydrogens is 360 g/mol. The summed E-state index contributed by atoms with van der Waals surface area (Å²) in [4.78, 5) is 24.5. The van der Waals surface area contributed by atoms with E-state index in [4.69, 9.17) is 11.2 Å². The second-order valence-electron chi connectivity index (χ2n) is 10.2. The van der Waals surface area contributed by atoms with Crippen LogP contribution in [0.4, 0.5) is 0 Å². The van der Waals surface area contributed by atoms with Crippen LogP contribution in [0.5, 0.6) is 0 Å². The van der Waals surface area contributed by atoms with Crippen LogP contribution in [0.2, 0.25) is 0 Å². The highest BCUT2D eigenvalue weighted by Gasteiger charge is 2.64. The predicted octanol–water partition coefficient (Wildman–Crippen LogP) is 5.62. The van der Waals surface area contributed by atoms with Gasteiger partial charge >= 0.3 is 5.97 Å². The van der Waals surface area contributed by atoms with E-state index in [0.29, 0.717) is 42.3 Å². The predicted molar refractivity (Wildman–Crippen MR) is 114 cm³/mol. The molecule has 3 nitrogen and oxygen atoms in total. The summed E-state index contributed by atoms with van der Waals surface area (Å²) in [6.07, 6.45) is 19.6. The molecule has 0 saturated heterocycles. The van der Waals surface area contributed by atoms with Crippen LogP contribution in [0.15, 0.2) is 11.6 Å². The molecule has 0 bridgehead atoms. The monoisotopic (exact) mass is 396 g/mol. The van der Waals surface area contributed by atoms with E-state index in [2.05, 4.69) is 19.8 Å². The molecule has 0 radical (unpaired) electrons. The van der Waals surface area contributed by atoms with E-state index in [1.165, 1.54) is 5.57 Å². The zero-order valence-corrected chi connectivity index (χ0v) is 18.2. The molecular formula is C26H36O3. The molecule has 0 aromatic carbocycles. The van der Waals surface area contributed by atoms with Crippen LogP contribution >= 0.6 is 0 Å². The number of carbonyl (C=O) groups excluding carboxylic acids is 2. The number of terminal acetylenes is 1. The molecule has 0 aromatic heterocycles. The smallest absolute Gasteiger partial charge is 0.307 e. The second kappa shape index (κ2) is 7.93. The van der Waals surface area contributed by atoms with Gasteiger partial charge in [0, 0.05) is 18.3 Å². The fourth-order valence-electron chi connectivity index (χ4n) is 7.38. The van der Waals surface area contributed by atoms with Crippen molar-refractivity contribution in [2.75, 3.05) is 0 Å². The zero-order chi connectivity index (χ0) is 20.6. The Morgan fingerprint density at radius 2 is 2.00 bits per heavy atom. The second-order valence-corrected chi connectivity index (χ2v) is 10.2. The third kappa shape index (κ3) is 3.37.